The van der Waals surface area contributed by atoms with E-state index in [1.807, 2.05) is 36.1 Å². The van der Waals surface area contributed by atoms with Crippen molar-refractivity contribution in [3.05, 3.63) is 40.4 Å². The van der Waals surface area contributed by atoms with Crippen LogP contribution in [0.1, 0.15) is 36.4 Å². The molecule has 1 aromatic carbocycles. The topological polar surface area (TPSA) is 74.8 Å². The second-order valence-electron chi connectivity index (χ2n) is 8.10. The van der Waals surface area contributed by atoms with E-state index in [1.165, 1.54) is 4.88 Å². The van der Waals surface area contributed by atoms with Gasteiger partial charge < -0.3 is 19.9 Å². The number of nitrogens with zero attached hydrogens (tertiary/aromatic N) is 3. The summed E-state index contributed by atoms with van der Waals surface area (Å²) in [5, 5.41) is 4.13. The minimum absolute atomic E-state index is 0.00886. The molecular weight excluding hydrogens is 412 g/mol. The Morgan fingerprint density at radius 1 is 1.26 bits per heavy atom. The van der Waals surface area contributed by atoms with Crippen LogP contribution < -0.4 is 15.0 Å². The van der Waals surface area contributed by atoms with Crippen molar-refractivity contribution in [2.75, 3.05) is 37.7 Å². The van der Waals surface area contributed by atoms with Crippen LogP contribution in [0.2, 0.25) is 0 Å². The van der Waals surface area contributed by atoms with E-state index in [-0.39, 0.29) is 17.7 Å². The minimum Gasteiger partial charge on any atom is -0.494 e. The number of piperazine rings is 1. The molecule has 0 unspecified atom stereocenters. The molecule has 31 heavy (non-hydrogen) atoms. The number of carbonyl (C=O) groups is 2. The van der Waals surface area contributed by atoms with Gasteiger partial charge >= 0.3 is 0 Å². The zero-order valence-electron chi connectivity index (χ0n) is 18.2. The van der Waals surface area contributed by atoms with E-state index in [0.29, 0.717) is 13.2 Å². The number of carbonyl (C=O) groups excluding carboxylic acids is 2. The SMILES string of the molecule is CCOc1cccc(CNC(=O)[C@H]2CCc3nc(N4CCN(C(C)=O)CC4)sc3C2)c1. The number of rotatable bonds is 6. The lowest BCUT2D eigenvalue weighted by Gasteiger charge is -2.33. The van der Waals surface area contributed by atoms with Gasteiger partial charge in [-0.05, 0) is 43.9 Å². The van der Waals surface area contributed by atoms with Crippen molar-refractivity contribution in [2.45, 2.75) is 39.7 Å². The van der Waals surface area contributed by atoms with Gasteiger partial charge in [0.1, 0.15) is 5.75 Å². The van der Waals surface area contributed by atoms with E-state index in [9.17, 15) is 9.59 Å². The van der Waals surface area contributed by atoms with E-state index < -0.39 is 0 Å². The number of amides is 2. The number of anilines is 1. The number of aryl methyl sites for hydroxylation is 1. The van der Waals surface area contributed by atoms with Gasteiger partial charge in [0.2, 0.25) is 11.8 Å². The highest BCUT2D eigenvalue weighted by molar-refractivity contribution is 7.15. The van der Waals surface area contributed by atoms with Gasteiger partial charge in [0.25, 0.3) is 0 Å². The number of benzene rings is 1. The second kappa shape index (κ2) is 9.68. The first-order valence-electron chi connectivity index (χ1n) is 11.0. The fourth-order valence-electron chi connectivity index (χ4n) is 4.18. The Morgan fingerprint density at radius 2 is 2.06 bits per heavy atom. The summed E-state index contributed by atoms with van der Waals surface area (Å²) in [6, 6.07) is 7.86. The Labute approximate surface area is 187 Å². The molecule has 2 aliphatic rings. The highest BCUT2D eigenvalue weighted by Gasteiger charge is 2.29. The lowest BCUT2D eigenvalue weighted by Crippen LogP contribution is -2.48. The van der Waals surface area contributed by atoms with Crippen LogP contribution in [0, 0.1) is 5.92 Å². The molecule has 4 rings (SSSR count). The summed E-state index contributed by atoms with van der Waals surface area (Å²) in [6.45, 7) is 7.85. The molecule has 1 N–H and O–H groups in total. The molecule has 1 aliphatic heterocycles. The third kappa shape index (κ3) is 5.18. The summed E-state index contributed by atoms with van der Waals surface area (Å²) >= 11 is 1.71. The van der Waals surface area contributed by atoms with E-state index in [4.69, 9.17) is 9.72 Å². The molecule has 2 heterocycles. The van der Waals surface area contributed by atoms with E-state index in [0.717, 1.165) is 67.6 Å². The predicted octanol–water partition coefficient (Wildman–Crippen LogP) is 2.63. The number of ether oxygens (including phenoxy) is 1. The van der Waals surface area contributed by atoms with Gasteiger partial charge in [0, 0.05) is 50.4 Å². The van der Waals surface area contributed by atoms with Crippen LogP contribution in [-0.4, -0.2) is 54.5 Å². The van der Waals surface area contributed by atoms with Gasteiger partial charge in [-0.3, -0.25) is 9.59 Å². The molecule has 8 heteroatoms. The van der Waals surface area contributed by atoms with Crippen LogP contribution in [0.15, 0.2) is 24.3 Å². The molecule has 1 aromatic heterocycles. The molecule has 1 fully saturated rings. The lowest BCUT2D eigenvalue weighted by atomic mass is 9.90. The van der Waals surface area contributed by atoms with Crippen LogP contribution >= 0.6 is 11.3 Å². The molecule has 1 atom stereocenters. The second-order valence-corrected chi connectivity index (χ2v) is 9.16. The Bertz CT molecular complexity index is 937. The average Bonchev–Trinajstić information content (AvgIpc) is 3.21. The maximum absolute atomic E-state index is 12.8. The molecule has 0 spiro atoms. The summed E-state index contributed by atoms with van der Waals surface area (Å²) < 4.78 is 5.54. The van der Waals surface area contributed by atoms with Crippen LogP contribution in [0.5, 0.6) is 5.75 Å². The highest BCUT2D eigenvalue weighted by Crippen LogP contribution is 2.34. The maximum Gasteiger partial charge on any atom is 0.223 e. The van der Waals surface area contributed by atoms with Gasteiger partial charge in [-0.25, -0.2) is 4.98 Å². The molecular formula is C23H30N4O3S. The molecule has 166 valence electrons. The first-order valence-corrected chi connectivity index (χ1v) is 11.8. The number of nitrogens with one attached hydrogen (secondary N) is 1. The van der Waals surface area contributed by atoms with Gasteiger partial charge in [-0.1, -0.05) is 12.1 Å². The summed E-state index contributed by atoms with van der Waals surface area (Å²) in [7, 11) is 0. The molecule has 2 aromatic rings. The maximum atomic E-state index is 12.8. The van der Waals surface area contributed by atoms with Crippen LogP contribution in [0.25, 0.3) is 0 Å². The van der Waals surface area contributed by atoms with E-state index in [2.05, 4.69) is 10.2 Å². The fraction of sp³-hybridized carbons (Fsp3) is 0.522. The zero-order valence-corrected chi connectivity index (χ0v) is 19.0. The summed E-state index contributed by atoms with van der Waals surface area (Å²) in [5.74, 6) is 1.07. The van der Waals surface area contributed by atoms with Gasteiger partial charge in [-0.2, -0.15) is 0 Å². The smallest absolute Gasteiger partial charge is 0.223 e. The third-order valence-electron chi connectivity index (χ3n) is 5.97. The molecule has 0 saturated carbocycles. The Morgan fingerprint density at radius 3 is 2.81 bits per heavy atom. The number of hydrogen-bond donors (Lipinski definition) is 1. The third-order valence-corrected chi connectivity index (χ3v) is 7.15. The molecule has 0 radical (unpaired) electrons. The van der Waals surface area contributed by atoms with Crippen molar-refractivity contribution < 1.29 is 14.3 Å². The van der Waals surface area contributed by atoms with Crippen LogP contribution in [0.3, 0.4) is 0 Å². The monoisotopic (exact) mass is 442 g/mol. The first kappa shape index (κ1) is 21.6. The number of hydrogen-bond acceptors (Lipinski definition) is 6. The van der Waals surface area contributed by atoms with Crippen molar-refractivity contribution in [1.29, 1.82) is 0 Å². The summed E-state index contributed by atoms with van der Waals surface area (Å²) in [5.41, 5.74) is 2.18. The molecule has 1 aliphatic carbocycles. The molecule has 7 nitrogen and oxygen atoms in total. The number of thiazole rings is 1. The molecule has 2 amide bonds. The Balaban J connectivity index is 1.32. The van der Waals surface area contributed by atoms with E-state index >= 15 is 0 Å². The zero-order chi connectivity index (χ0) is 21.8. The Kier molecular flexibility index (Phi) is 6.75. The predicted molar refractivity (Wildman–Crippen MR) is 122 cm³/mol. The largest absolute Gasteiger partial charge is 0.494 e. The van der Waals surface area contributed by atoms with Crippen LogP contribution in [-0.2, 0) is 29.0 Å². The standard InChI is InChI=1S/C23H30N4O3S/c1-3-30-19-6-4-5-17(13-19)15-24-22(29)18-7-8-20-21(14-18)31-23(25-20)27-11-9-26(10-12-27)16(2)28/h4-6,13,18H,3,7-12,14-15H2,1-2H3,(H,24,29)/t18-/m0/s1. The molecule has 0 bridgehead atoms. The summed E-state index contributed by atoms with van der Waals surface area (Å²) in [6.07, 6.45) is 2.43. The van der Waals surface area contributed by atoms with Crippen LogP contribution in [0.4, 0.5) is 5.13 Å². The van der Waals surface area contributed by atoms with Gasteiger partial charge in [0.05, 0.1) is 12.3 Å². The van der Waals surface area contributed by atoms with Gasteiger partial charge in [0.15, 0.2) is 5.13 Å². The van der Waals surface area contributed by atoms with E-state index in [1.54, 1.807) is 18.3 Å². The van der Waals surface area contributed by atoms with Crippen molar-refractivity contribution in [3.8, 4) is 5.75 Å². The summed E-state index contributed by atoms with van der Waals surface area (Å²) in [4.78, 5) is 34.6. The highest BCUT2D eigenvalue weighted by atomic mass is 32.1. The van der Waals surface area contributed by atoms with Gasteiger partial charge in [-0.15, -0.1) is 11.3 Å². The fourth-order valence-corrected chi connectivity index (χ4v) is 5.42. The minimum atomic E-state index is -0.00886. The first-order chi connectivity index (χ1) is 15.0. The number of aromatic nitrogens is 1. The Hall–Kier alpha value is -2.61. The quantitative estimate of drug-likeness (QED) is 0.744. The van der Waals surface area contributed by atoms with Crippen molar-refractivity contribution in [1.82, 2.24) is 15.2 Å². The number of fused-ring (bicyclic) bond motifs is 1. The van der Waals surface area contributed by atoms with Crippen molar-refractivity contribution >= 4 is 28.3 Å². The lowest BCUT2D eigenvalue weighted by molar-refractivity contribution is -0.129. The van der Waals surface area contributed by atoms with Crippen molar-refractivity contribution in [3.63, 3.8) is 0 Å². The van der Waals surface area contributed by atoms with Crippen molar-refractivity contribution in [2.24, 2.45) is 5.92 Å². The normalized spacial score (nSPS) is 18.5. The molecule has 1 saturated heterocycles. The average molecular weight is 443 g/mol.